The lowest BCUT2D eigenvalue weighted by Gasteiger charge is -2.26. The standard InChI is InChI=1S/C14H19N5S/c1-10(2)19-8-3-5-12(19)11-9-20-14(17-11)18-13-15-6-4-7-16-13/h4,6-7,9-10,12H,3,5,8H2,1-2H3,(H,15,16,17,18)/t12-/m1/s1. The minimum absolute atomic E-state index is 0.457. The maximum Gasteiger partial charge on any atom is 0.228 e. The molecule has 6 heteroatoms. The molecular weight excluding hydrogens is 270 g/mol. The lowest BCUT2D eigenvalue weighted by atomic mass is 10.1. The Hall–Kier alpha value is -1.53. The summed E-state index contributed by atoms with van der Waals surface area (Å²) >= 11 is 1.62. The van der Waals surface area contributed by atoms with Gasteiger partial charge in [-0.05, 0) is 39.3 Å². The first-order valence-corrected chi connectivity index (χ1v) is 7.87. The van der Waals surface area contributed by atoms with Gasteiger partial charge < -0.3 is 5.32 Å². The van der Waals surface area contributed by atoms with Gasteiger partial charge in [-0.15, -0.1) is 11.3 Å². The number of thiazole rings is 1. The number of nitrogens with zero attached hydrogens (tertiary/aromatic N) is 4. The first-order chi connectivity index (χ1) is 9.74. The van der Waals surface area contributed by atoms with Crippen LogP contribution >= 0.6 is 11.3 Å². The third kappa shape index (κ3) is 2.81. The molecule has 0 saturated carbocycles. The van der Waals surface area contributed by atoms with Crippen LogP contribution in [0, 0.1) is 0 Å². The number of likely N-dealkylation sites (tertiary alicyclic amines) is 1. The van der Waals surface area contributed by atoms with Crippen LogP contribution in [0.15, 0.2) is 23.8 Å². The Morgan fingerprint density at radius 2 is 2.15 bits per heavy atom. The summed E-state index contributed by atoms with van der Waals surface area (Å²) in [6, 6.07) is 2.83. The smallest absolute Gasteiger partial charge is 0.228 e. The fourth-order valence-corrected chi connectivity index (χ4v) is 3.43. The molecule has 106 valence electrons. The summed E-state index contributed by atoms with van der Waals surface area (Å²) in [6.07, 6.45) is 5.90. The van der Waals surface area contributed by atoms with Gasteiger partial charge in [0, 0.05) is 23.8 Å². The lowest BCUT2D eigenvalue weighted by Crippen LogP contribution is -2.30. The van der Waals surface area contributed by atoms with Crippen molar-refractivity contribution < 1.29 is 0 Å². The van der Waals surface area contributed by atoms with E-state index in [9.17, 15) is 0 Å². The van der Waals surface area contributed by atoms with E-state index in [4.69, 9.17) is 4.98 Å². The fourth-order valence-electron chi connectivity index (χ4n) is 2.68. The monoisotopic (exact) mass is 289 g/mol. The van der Waals surface area contributed by atoms with Crippen LogP contribution < -0.4 is 5.32 Å². The first kappa shape index (κ1) is 13.5. The molecular formula is C14H19N5S. The molecule has 1 aliphatic heterocycles. The molecule has 1 fully saturated rings. The summed E-state index contributed by atoms with van der Waals surface area (Å²) in [5, 5.41) is 6.17. The van der Waals surface area contributed by atoms with Gasteiger partial charge in [0.2, 0.25) is 5.95 Å². The Morgan fingerprint density at radius 3 is 2.90 bits per heavy atom. The highest BCUT2D eigenvalue weighted by molar-refractivity contribution is 7.13. The maximum atomic E-state index is 4.71. The second-order valence-corrected chi connectivity index (χ2v) is 6.12. The van der Waals surface area contributed by atoms with Gasteiger partial charge in [0.05, 0.1) is 11.7 Å². The molecule has 2 aromatic heterocycles. The average Bonchev–Trinajstić information content (AvgIpc) is 3.07. The zero-order valence-corrected chi connectivity index (χ0v) is 12.6. The van der Waals surface area contributed by atoms with E-state index in [1.54, 1.807) is 29.8 Å². The third-order valence-corrected chi connectivity index (χ3v) is 4.38. The Balaban J connectivity index is 1.73. The van der Waals surface area contributed by atoms with Crippen molar-refractivity contribution in [2.24, 2.45) is 0 Å². The molecule has 3 rings (SSSR count). The van der Waals surface area contributed by atoms with Crippen molar-refractivity contribution in [2.45, 2.75) is 38.8 Å². The molecule has 0 radical (unpaired) electrons. The van der Waals surface area contributed by atoms with Crippen LogP contribution in [0.2, 0.25) is 0 Å². The molecule has 20 heavy (non-hydrogen) atoms. The molecule has 0 aliphatic carbocycles. The van der Waals surface area contributed by atoms with Crippen molar-refractivity contribution in [3.05, 3.63) is 29.5 Å². The van der Waals surface area contributed by atoms with Crippen LogP contribution in [-0.4, -0.2) is 32.4 Å². The van der Waals surface area contributed by atoms with Crippen LogP contribution in [0.1, 0.15) is 38.4 Å². The molecule has 5 nitrogen and oxygen atoms in total. The second-order valence-electron chi connectivity index (χ2n) is 5.26. The summed E-state index contributed by atoms with van der Waals surface area (Å²) in [7, 11) is 0. The van der Waals surface area contributed by atoms with Crippen LogP contribution in [0.5, 0.6) is 0 Å². The van der Waals surface area contributed by atoms with Crippen molar-refractivity contribution in [1.29, 1.82) is 0 Å². The van der Waals surface area contributed by atoms with E-state index < -0.39 is 0 Å². The average molecular weight is 289 g/mol. The zero-order chi connectivity index (χ0) is 13.9. The van der Waals surface area contributed by atoms with Gasteiger partial charge in [-0.25, -0.2) is 15.0 Å². The van der Waals surface area contributed by atoms with Crippen molar-refractivity contribution >= 4 is 22.4 Å². The minimum atomic E-state index is 0.457. The Kier molecular flexibility index (Phi) is 3.93. The van der Waals surface area contributed by atoms with Crippen molar-refractivity contribution in [2.75, 3.05) is 11.9 Å². The van der Waals surface area contributed by atoms with Gasteiger partial charge in [-0.1, -0.05) is 0 Å². The highest BCUT2D eigenvalue weighted by atomic mass is 32.1. The van der Waals surface area contributed by atoms with E-state index in [0.29, 0.717) is 18.0 Å². The number of rotatable bonds is 4. The van der Waals surface area contributed by atoms with Gasteiger partial charge in [0.1, 0.15) is 0 Å². The molecule has 1 atom stereocenters. The third-order valence-electron chi connectivity index (χ3n) is 3.61. The first-order valence-electron chi connectivity index (χ1n) is 6.99. The lowest BCUT2D eigenvalue weighted by molar-refractivity contribution is 0.203. The maximum absolute atomic E-state index is 4.71. The predicted molar refractivity (Wildman–Crippen MR) is 81.2 cm³/mol. The Bertz CT molecular complexity index is 554. The molecule has 1 N–H and O–H groups in total. The fraction of sp³-hybridized carbons (Fsp3) is 0.500. The van der Waals surface area contributed by atoms with E-state index >= 15 is 0 Å². The number of nitrogens with one attached hydrogen (secondary N) is 1. The van der Waals surface area contributed by atoms with Gasteiger partial charge >= 0.3 is 0 Å². The highest BCUT2D eigenvalue weighted by Crippen LogP contribution is 2.35. The summed E-state index contributed by atoms with van der Waals surface area (Å²) < 4.78 is 0. The normalized spacial score (nSPS) is 19.6. The molecule has 0 unspecified atom stereocenters. The Labute approximate surface area is 123 Å². The number of anilines is 2. The number of hydrogen-bond donors (Lipinski definition) is 1. The molecule has 1 saturated heterocycles. The van der Waals surface area contributed by atoms with Crippen molar-refractivity contribution in [1.82, 2.24) is 19.9 Å². The van der Waals surface area contributed by atoms with Crippen LogP contribution in [0.4, 0.5) is 11.1 Å². The van der Waals surface area contributed by atoms with Gasteiger partial charge in [-0.3, -0.25) is 4.90 Å². The number of hydrogen-bond acceptors (Lipinski definition) is 6. The summed E-state index contributed by atoms with van der Waals surface area (Å²) in [6.45, 7) is 5.67. The summed E-state index contributed by atoms with van der Waals surface area (Å²) in [5.41, 5.74) is 1.17. The highest BCUT2D eigenvalue weighted by Gasteiger charge is 2.29. The van der Waals surface area contributed by atoms with E-state index in [1.165, 1.54) is 25.1 Å². The molecule has 0 bridgehead atoms. The zero-order valence-electron chi connectivity index (χ0n) is 11.8. The van der Waals surface area contributed by atoms with E-state index in [-0.39, 0.29) is 0 Å². The topological polar surface area (TPSA) is 53.9 Å². The second kappa shape index (κ2) is 5.85. The van der Waals surface area contributed by atoms with E-state index in [2.05, 4.69) is 39.4 Å². The summed E-state index contributed by atoms with van der Waals surface area (Å²) in [4.78, 5) is 15.5. The minimum Gasteiger partial charge on any atom is -0.300 e. The van der Waals surface area contributed by atoms with Crippen LogP contribution in [-0.2, 0) is 0 Å². The predicted octanol–water partition coefficient (Wildman–Crippen LogP) is 3.22. The SMILES string of the molecule is CC(C)N1CCC[C@@H]1c1csc(Nc2ncccn2)n1. The largest absolute Gasteiger partial charge is 0.300 e. The van der Waals surface area contributed by atoms with Crippen molar-refractivity contribution in [3.63, 3.8) is 0 Å². The molecule has 3 heterocycles. The molecule has 0 aromatic carbocycles. The van der Waals surface area contributed by atoms with Crippen LogP contribution in [0.3, 0.4) is 0 Å². The summed E-state index contributed by atoms with van der Waals surface area (Å²) in [5.74, 6) is 0.598. The van der Waals surface area contributed by atoms with Crippen molar-refractivity contribution in [3.8, 4) is 0 Å². The molecule has 0 spiro atoms. The van der Waals surface area contributed by atoms with E-state index in [1.807, 2.05) is 0 Å². The molecule has 2 aromatic rings. The van der Waals surface area contributed by atoms with Crippen LogP contribution in [0.25, 0.3) is 0 Å². The van der Waals surface area contributed by atoms with Gasteiger partial charge in [0.25, 0.3) is 0 Å². The van der Waals surface area contributed by atoms with E-state index in [0.717, 1.165) is 5.13 Å². The Morgan fingerprint density at radius 1 is 1.35 bits per heavy atom. The quantitative estimate of drug-likeness (QED) is 0.936. The van der Waals surface area contributed by atoms with Gasteiger partial charge in [0.15, 0.2) is 5.13 Å². The van der Waals surface area contributed by atoms with Gasteiger partial charge in [-0.2, -0.15) is 0 Å². The molecule has 0 amide bonds. The number of aromatic nitrogens is 3. The molecule has 1 aliphatic rings.